The molecule has 0 heterocycles. The largest absolute Gasteiger partial charge is 0.329 e. The maximum atomic E-state index is 11.3. The Morgan fingerprint density at radius 1 is 1.31 bits per heavy atom. The quantitative estimate of drug-likeness (QED) is 0.684. The molecule has 0 saturated heterocycles. The van der Waals surface area contributed by atoms with Gasteiger partial charge in [-0.2, -0.15) is 0 Å². The predicted octanol–water partition coefficient (Wildman–Crippen LogP) is 0.624. The SMILES string of the molecule is CCS(=O)(=O)CCCN(CCN)C1CCC1. The van der Waals surface area contributed by atoms with Gasteiger partial charge < -0.3 is 5.73 Å². The van der Waals surface area contributed by atoms with E-state index in [4.69, 9.17) is 5.73 Å². The Hall–Kier alpha value is -0.130. The zero-order valence-electron chi connectivity index (χ0n) is 10.2. The first-order chi connectivity index (χ1) is 7.59. The van der Waals surface area contributed by atoms with Crippen molar-refractivity contribution in [1.29, 1.82) is 0 Å². The van der Waals surface area contributed by atoms with Gasteiger partial charge in [0.2, 0.25) is 0 Å². The molecule has 0 aromatic rings. The molecular weight excluding hydrogens is 224 g/mol. The van der Waals surface area contributed by atoms with E-state index in [1.807, 2.05) is 0 Å². The molecule has 0 unspecified atom stereocenters. The minimum atomic E-state index is -2.80. The summed E-state index contributed by atoms with van der Waals surface area (Å²) < 4.78 is 22.7. The molecule has 1 saturated carbocycles. The second-order valence-corrected chi connectivity index (χ2v) is 6.97. The van der Waals surface area contributed by atoms with Crippen molar-refractivity contribution in [2.24, 2.45) is 5.73 Å². The fourth-order valence-corrected chi connectivity index (χ4v) is 2.88. The van der Waals surface area contributed by atoms with Gasteiger partial charge in [-0.1, -0.05) is 13.3 Å². The highest BCUT2D eigenvalue weighted by Crippen LogP contribution is 2.24. The third-order valence-electron chi connectivity index (χ3n) is 3.35. The van der Waals surface area contributed by atoms with E-state index in [0.29, 0.717) is 18.3 Å². The van der Waals surface area contributed by atoms with E-state index in [9.17, 15) is 8.42 Å². The summed E-state index contributed by atoms with van der Waals surface area (Å²) in [6.07, 6.45) is 4.55. The molecule has 4 nitrogen and oxygen atoms in total. The Morgan fingerprint density at radius 3 is 2.44 bits per heavy atom. The summed E-state index contributed by atoms with van der Waals surface area (Å²) in [5.41, 5.74) is 5.57. The minimum Gasteiger partial charge on any atom is -0.329 e. The van der Waals surface area contributed by atoms with Crippen LogP contribution in [0.2, 0.25) is 0 Å². The van der Waals surface area contributed by atoms with E-state index < -0.39 is 9.84 Å². The summed E-state index contributed by atoms with van der Waals surface area (Å²) >= 11 is 0. The smallest absolute Gasteiger partial charge is 0.150 e. The molecule has 0 aromatic heterocycles. The lowest BCUT2D eigenvalue weighted by atomic mass is 9.91. The van der Waals surface area contributed by atoms with Crippen LogP contribution in [-0.2, 0) is 9.84 Å². The standard InChI is InChI=1S/C11H24N2O2S/c1-2-16(14,15)10-4-8-13(9-7-12)11-5-3-6-11/h11H,2-10,12H2,1H3. The van der Waals surface area contributed by atoms with Crippen molar-refractivity contribution in [3.63, 3.8) is 0 Å². The third-order valence-corrected chi connectivity index (χ3v) is 5.14. The molecule has 0 aliphatic heterocycles. The number of hydrogen-bond donors (Lipinski definition) is 1. The predicted molar refractivity (Wildman–Crippen MR) is 67.2 cm³/mol. The Bertz CT molecular complexity index is 286. The summed E-state index contributed by atoms with van der Waals surface area (Å²) in [4.78, 5) is 2.36. The van der Waals surface area contributed by atoms with Gasteiger partial charge in [0.25, 0.3) is 0 Å². The Balaban J connectivity index is 2.27. The topological polar surface area (TPSA) is 63.4 Å². The van der Waals surface area contributed by atoms with Crippen molar-refractivity contribution in [2.45, 2.75) is 38.6 Å². The lowest BCUT2D eigenvalue weighted by Crippen LogP contribution is -2.43. The molecule has 1 rings (SSSR count). The van der Waals surface area contributed by atoms with Gasteiger partial charge in [0.05, 0.1) is 5.75 Å². The first kappa shape index (κ1) is 13.9. The normalized spacial score (nSPS) is 17.7. The second-order valence-electron chi connectivity index (χ2n) is 4.50. The van der Waals surface area contributed by atoms with Gasteiger partial charge in [-0.05, 0) is 25.8 Å². The molecule has 96 valence electrons. The van der Waals surface area contributed by atoms with Gasteiger partial charge >= 0.3 is 0 Å². The molecule has 0 bridgehead atoms. The summed E-state index contributed by atoms with van der Waals surface area (Å²) in [5.74, 6) is 0.574. The van der Waals surface area contributed by atoms with Crippen molar-refractivity contribution in [1.82, 2.24) is 4.90 Å². The van der Waals surface area contributed by atoms with Gasteiger partial charge in [-0.25, -0.2) is 8.42 Å². The van der Waals surface area contributed by atoms with Crippen LogP contribution in [0.3, 0.4) is 0 Å². The van der Waals surface area contributed by atoms with Gasteiger partial charge in [0, 0.05) is 24.9 Å². The van der Waals surface area contributed by atoms with Crippen molar-refractivity contribution in [3.05, 3.63) is 0 Å². The Kier molecular flexibility index (Phi) is 5.72. The lowest BCUT2D eigenvalue weighted by Gasteiger charge is -2.37. The summed E-state index contributed by atoms with van der Waals surface area (Å²) in [6, 6.07) is 0.660. The molecule has 0 atom stereocenters. The van der Waals surface area contributed by atoms with Crippen molar-refractivity contribution < 1.29 is 8.42 Å². The van der Waals surface area contributed by atoms with Crippen LogP contribution in [-0.4, -0.2) is 50.5 Å². The highest BCUT2D eigenvalue weighted by atomic mass is 32.2. The van der Waals surface area contributed by atoms with Gasteiger partial charge in [0.1, 0.15) is 9.84 Å². The molecule has 1 aliphatic carbocycles. The Morgan fingerprint density at radius 2 is 2.00 bits per heavy atom. The van der Waals surface area contributed by atoms with E-state index in [-0.39, 0.29) is 5.75 Å². The van der Waals surface area contributed by atoms with Gasteiger partial charge in [0.15, 0.2) is 0 Å². The molecular formula is C11H24N2O2S. The van der Waals surface area contributed by atoms with Crippen LogP contribution in [0.15, 0.2) is 0 Å². The molecule has 5 heteroatoms. The molecule has 0 spiro atoms. The first-order valence-corrected chi connectivity index (χ1v) is 8.05. The summed E-state index contributed by atoms with van der Waals surface area (Å²) in [7, 11) is -2.80. The van der Waals surface area contributed by atoms with E-state index >= 15 is 0 Å². The van der Waals surface area contributed by atoms with Crippen molar-refractivity contribution in [2.75, 3.05) is 31.1 Å². The Labute approximate surface area is 99.1 Å². The monoisotopic (exact) mass is 248 g/mol. The molecule has 0 aromatic carbocycles. The number of sulfone groups is 1. The molecule has 2 N–H and O–H groups in total. The first-order valence-electron chi connectivity index (χ1n) is 6.23. The fraction of sp³-hybridized carbons (Fsp3) is 1.00. The van der Waals surface area contributed by atoms with Crippen LogP contribution in [0.4, 0.5) is 0 Å². The van der Waals surface area contributed by atoms with Crippen molar-refractivity contribution in [3.8, 4) is 0 Å². The lowest BCUT2D eigenvalue weighted by molar-refractivity contribution is 0.131. The van der Waals surface area contributed by atoms with Crippen LogP contribution in [0, 0.1) is 0 Å². The molecule has 0 amide bonds. The zero-order chi connectivity index (χ0) is 12.0. The fourth-order valence-electron chi connectivity index (χ4n) is 2.03. The van der Waals surface area contributed by atoms with Crippen LogP contribution in [0.25, 0.3) is 0 Å². The highest BCUT2D eigenvalue weighted by molar-refractivity contribution is 7.91. The second kappa shape index (κ2) is 6.57. The van der Waals surface area contributed by atoms with Crippen LogP contribution < -0.4 is 5.73 Å². The average Bonchev–Trinajstić information content (AvgIpc) is 2.15. The summed E-state index contributed by atoms with van der Waals surface area (Å²) in [5, 5.41) is 0. The van der Waals surface area contributed by atoms with E-state index in [1.54, 1.807) is 6.92 Å². The zero-order valence-corrected chi connectivity index (χ0v) is 11.0. The van der Waals surface area contributed by atoms with Crippen LogP contribution in [0.5, 0.6) is 0 Å². The number of nitrogens with two attached hydrogens (primary N) is 1. The summed E-state index contributed by atoms with van der Waals surface area (Å²) in [6.45, 7) is 4.15. The minimum absolute atomic E-state index is 0.257. The van der Waals surface area contributed by atoms with Gasteiger partial charge in [-0.3, -0.25) is 4.90 Å². The number of nitrogens with zero attached hydrogens (tertiary/aromatic N) is 1. The van der Waals surface area contributed by atoms with E-state index in [1.165, 1.54) is 19.3 Å². The van der Waals surface area contributed by atoms with Gasteiger partial charge in [-0.15, -0.1) is 0 Å². The highest BCUT2D eigenvalue weighted by Gasteiger charge is 2.24. The maximum absolute atomic E-state index is 11.3. The van der Waals surface area contributed by atoms with E-state index in [0.717, 1.165) is 19.5 Å². The molecule has 1 aliphatic rings. The van der Waals surface area contributed by atoms with E-state index in [2.05, 4.69) is 4.90 Å². The number of rotatable bonds is 8. The van der Waals surface area contributed by atoms with Crippen LogP contribution in [0.1, 0.15) is 32.6 Å². The third kappa shape index (κ3) is 4.39. The molecule has 16 heavy (non-hydrogen) atoms. The van der Waals surface area contributed by atoms with Crippen molar-refractivity contribution >= 4 is 9.84 Å². The molecule has 0 radical (unpaired) electrons. The average molecular weight is 248 g/mol. The molecule has 1 fully saturated rings. The number of hydrogen-bond acceptors (Lipinski definition) is 4. The van der Waals surface area contributed by atoms with Crippen LogP contribution >= 0.6 is 0 Å². The maximum Gasteiger partial charge on any atom is 0.150 e.